The van der Waals surface area contributed by atoms with Crippen LogP contribution in [-0.2, 0) is 0 Å². The molecule has 1 rings (SSSR count). The topological polar surface area (TPSA) is 32.3 Å². The van der Waals surface area contributed by atoms with Gasteiger partial charge in [0.15, 0.2) is 0 Å². The van der Waals surface area contributed by atoms with Gasteiger partial charge in [-0.05, 0) is 38.0 Å². The Kier molecular flexibility index (Phi) is 3.04. The third kappa shape index (κ3) is 1.89. The fourth-order valence-electron chi connectivity index (χ4n) is 1.34. The number of benzene rings is 1. The fourth-order valence-corrected chi connectivity index (χ4v) is 1.49. The summed E-state index contributed by atoms with van der Waals surface area (Å²) in [5, 5.41) is 13.4. The van der Waals surface area contributed by atoms with Crippen molar-refractivity contribution in [2.75, 3.05) is 11.9 Å². The SMILES string of the molecule is CCNc1c(O)cc(C)c(Cl)c1C. The van der Waals surface area contributed by atoms with E-state index >= 15 is 0 Å². The van der Waals surface area contributed by atoms with Crippen molar-refractivity contribution in [3.05, 3.63) is 22.2 Å². The molecule has 1 aromatic rings. The lowest BCUT2D eigenvalue weighted by Gasteiger charge is -2.12. The first kappa shape index (κ1) is 10.2. The summed E-state index contributed by atoms with van der Waals surface area (Å²) >= 11 is 6.04. The molecule has 0 amide bonds. The van der Waals surface area contributed by atoms with E-state index in [2.05, 4.69) is 5.32 Å². The minimum Gasteiger partial charge on any atom is -0.506 e. The predicted molar refractivity (Wildman–Crippen MR) is 56.8 cm³/mol. The molecule has 0 spiro atoms. The van der Waals surface area contributed by atoms with Crippen LogP contribution in [0.4, 0.5) is 5.69 Å². The summed E-state index contributed by atoms with van der Waals surface area (Å²) in [7, 11) is 0. The van der Waals surface area contributed by atoms with Gasteiger partial charge in [-0.25, -0.2) is 0 Å². The van der Waals surface area contributed by atoms with Crippen molar-refractivity contribution < 1.29 is 5.11 Å². The van der Waals surface area contributed by atoms with E-state index in [1.165, 1.54) is 0 Å². The van der Waals surface area contributed by atoms with Gasteiger partial charge in [-0.2, -0.15) is 0 Å². The minimum atomic E-state index is 0.265. The molecular formula is C10H14ClNO. The van der Waals surface area contributed by atoms with Gasteiger partial charge >= 0.3 is 0 Å². The van der Waals surface area contributed by atoms with Gasteiger partial charge in [-0.3, -0.25) is 0 Å². The highest BCUT2D eigenvalue weighted by molar-refractivity contribution is 6.32. The van der Waals surface area contributed by atoms with Crippen molar-refractivity contribution in [2.24, 2.45) is 0 Å². The van der Waals surface area contributed by atoms with Crippen LogP contribution in [-0.4, -0.2) is 11.7 Å². The van der Waals surface area contributed by atoms with Crippen LogP contribution in [0, 0.1) is 13.8 Å². The van der Waals surface area contributed by atoms with Crippen LogP contribution in [0.5, 0.6) is 5.75 Å². The average Bonchev–Trinajstić information content (AvgIpc) is 2.09. The summed E-state index contributed by atoms with van der Waals surface area (Å²) in [5.41, 5.74) is 2.54. The molecule has 13 heavy (non-hydrogen) atoms. The summed E-state index contributed by atoms with van der Waals surface area (Å²) in [6, 6.07) is 1.67. The largest absolute Gasteiger partial charge is 0.506 e. The molecule has 0 aliphatic carbocycles. The molecule has 0 radical (unpaired) electrons. The maximum atomic E-state index is 9.61. The van der Waals surface area contributed by atoms with E-state index in [1.807, 2.05) is 20.8 Å². The number of halogens is 1. The first-order valence-electron chi connectivity index (χ1n) is 4.30. The number of phenols is 1. The van der Waals surface area contributed by atoms with Crippen LogP contribution in [0.3, 0.4) is 0 Å². The molecule has 1 aromatic carbocycles. The highest BCUT2D eigenvalue weighted by Crippen LogP contribution is 2.34. The van der Waals surface area contributed by atoms with E-state index in [9.17, 15) is 5.11 Å². The number of rotatable bonds is 2. The second-order valence-corrected chi connectivity index (χ2v) is 3.43. The van der Waals surface area contributed by atoms with Gasteiger partial charge in [0.05, 0.1) is 5.69 Å². The zero-order valence-electron chi connectivity index (χ0n) is 8.11. The number of nitrogens with one attached hydrogen (secondary N) is 1. The van der Waals surface area contributed by atoms with Crippen molar-refractivity contribution in [2.45, 2.75) is 20.8 Å². The molecule has 0 aromatic heterocycles. The maximum Gasteiger partial charge on any atom is 0.139 e. The van der Waals surface area contributed by atoms with Crippen LogP contribution in [0.1, 0.15) is 18.1 Å². The third-order valence-electron chi connectivity index (χ3n) is 2.01. The average molecular weight is 200 g/mol. The summed E-state index contributed by atoms with van der Waals surface area (Å²) in [6.07, 6.45) is 0. The smallest absolute Gasteiger partial charge is 0.139 e. The van der Waals surface area contributed by atoms with E-state index in [0.717, 1.165) is 23.4 Å². The zero-order chi connectivity index (χ0) is 10.0. The molecule has 0 fully saturated rings. The van der Waals surface area contributed by atoms with Gasteiger partial charge in [0, 0.05) is 11.6 Å². The van der Waals surface area contributed by atoms with Gasteiger partial charge in [0.2, 0.25) is 0 Å². The van der Waals surface area contributed by atoms with E-state index in [0.29, 0.717) is 5.02 Å². The van der Waals surface area contributed by atoms with Crippen molar-refractivity contribution in [1.29, 1.82) is 0 Å². The summed E-state index contributed by atoms with van der Waals surface area (Å²) in [4.78, 5) is 0. The molecule has 2 N–H and O–H groups in total. The van der Waals surface area contributed by atoms with Gasteiger partial charge in [0.25, 0.3) is 0 Å². The van der Waals surface area contributed by atoms with Gasteiger partial charge < -0.3 is 10.4 Å². The van der Waals surface area contributed by atoms with Gasteiger partial charge in [-0.1, -0.05) is 11.6 Å². The lowest BCUT2D eigenvalue weighted by Crippen LogP contribution is -2.00. The predicted octanol–water partition coefficient (Wildman–Crippen LogP) is 3.09. The Morgan fingerprint density at radius 2 is 2.08 bits per heavy atom. The first-order chi connectivity index (χ1) is 6.07. The van der Waals surface area contributed by atoms with E-state index in [1.54, 1.807) is 6.07 Å². The van der Waals surface area contributed by atoms with Gasteiger partial charge in [0.1, 0.15) is 5.75 Å². The van der Waals surface area contributed by atoms with Crippen LogP contribution in [0.2, 0.25) is 5.02 Å². The molecule has 0 aliphatic heterocycles. The molecule has 2 nitrogen and oxygen atoms in total. The van der Waals surface area contributed by atoms with Gasteiger partial charge in [-0.15, -0.1) is 0 Å². The monoisotopic (exact) mass is 199 g/mol. The number of aryl methyl sites for hydroxylation is 1. The molecule has 72 valence electrons. The number of aromatic hydroxyl groups is 1. The van der Waals surface area contributed by atoms with Crippen molar-refractivity contribution >= 4 is 17.3 Å². The molecule has 0 unspecified atom stereocenters. The Labute approximate surface area is 83.5 Å². The first-order valence-corrected chi connectivity index (χ1v) is 4.68. The molecule has 0 aliphatic rings. The third-order valence-corrected chi connectivity index (χ3v) is 2.59. The normalized spacial score (nSPS) is 10.2. The quantitative estimate of drug-likeness (QED) is 0.718. The Hall–Kier alpha value is -0.890. The van der Waals surface area contributed by atoms with Crippen LogP contribution < -0.4 is 5.32 Å². The Balaban J connectivity index is 3.26. The Morgan fingerprint density at radius 3 is 2.62 bits per heavy atom. The molecule has 3 heteroatoms. The number of anilines is 1. The minimum absolute atomic E-state index is 0.265. The van der Waals surface area contributed by atoms with Crippen LogP contribution in [0.25, 0.3) is 0 Å². The summed E-state index contributed by atoms with van der Waals surface area (Å²) in [6.45, 7) is 6.53. The van der Waals surface area contributed by atoms with Crippen molar-refractivity contribution in [3.63, 3.8) is 0 Å². The van der Waals surface area contributed by atoms with E-state index in [-0.39, 0.29) is 5.75 Å². The highest BCUT2D eigenvalue weighted by Gasteiger charge is 2.09. The number of hydrogen-bond acceptors (Lipinski definition) is 2. The summed E-state index contributed by atoms with van der Waals surface area (Å²) < 4.78 is 0. The molecule has 0 atom stereocenters. The van der Waals surface area contributed by atoms with Crippen molar-refractivity contribution in [3.8, 4) is 5.75 Å². The Morgan fingerprint density at radius 1 is 1.46 bits per heavy atom. The number of hydrogen-bond donors (Lipinski definition) is 2. The maximum absolute atomic E-state index is 9.61. The van der Waals surface area contributed by atoms with Crippen molar-refractivity contribution in [1.82, 2.24) is 0 Å². The zero-order valence-corrected chi connectivity index (χ0v) is 8.87. The van der Waals surface area contributed by atoms with Crippen LogP contribution in [0.15, 0.2) is 6.07 Å². The molecule has 0 heterocycles. The number of phenolic OH excluding ortho intramolecular Hbond substituents is 1. The molecular weight excluding hydrogens is 186 g/mol. The van der Waals surface area contributed by atoms with Crippen LogP contribution >= 0.6 is 11.6 Å². The standard InChI is InChI=1S/C10H14ClNO/c1-4-12-10-7(3)9(11)6(2)5-8(10)13/h5,12-13H,4H2,1-3H3. The highest BCUT2D eigenvalue weighted by atomic mass is 35.5. The van der Waals surface area contributed by atoms with E-state index in [4.69, 9.17) is 11.6 Å². The van der Waals surface area contributed by atoms with E-state index < -0.39 is 0 Å². The second kappa shape index (κ2) is 3.88. The fraction of sp³-hybridized carbons (Fsp3) is 0.400. The molecule has 0 saturated carbocycles. The molecule has 0 saturated heterocycles. The molecule has 0 bridgehead atoms. The second-order valence-electron chi connectivity index (χ2n) is 3.06. The lowest BCUT2D eigenvalue weighted by atomic mass is 10.1. The lowest BCUT2D eigenvalue weighted by molar-refractivity contribution is 0.476. The summed E-state index contributed by atoms with van der Waals surface area (Å²) in [5.74, 6) is 0.265. The Bertz CT molecular complexity index is 323.